The highest BCUT2D eigenvalue weighted by Gasteiger charge is 2.42. The second-order valence-corrected chi connectivity index (χ2v) is 5.33. The predicted molar refractivity (Wildman–Crippen MR) is 77.9 cm³/mol. The summed E-state index contributed by atoms with van der Waals surface area (Å²) in [6, 6.07) is 3.53. The standard InChI is InChI=1S/C15H14ClF2NO3/c1-22-14(21)19-12-6-5-10(16)8-11(12)15(17,18)13(20)7-4-9-2-3-9/h5-6,8-9,13,20H,2-3H2,1H3,(H,19,21)/t13-/m0/s1. The van der Waals surface area contributed by atoms with Gasteiger partial charge in [-0.15, -0.1) is 0 Å². The summed E-state index contributed by atoms with van der Waals surface area (Å²) < 4.78 is 33.2. The van der Waals surface area contributed by atoms with Crippen molar-refractivity contribution in [2.45, 2.75) is 24.9 Å². The zero-order valence-electron chi connectivity index (χ0n) is 11.7. The number of ether oxygens (including phenoxy) is 1. The summed E-state index contributed by atoms with van der Waals surface area (Å²) >= 11 is 5.74. The summed E-state index contributed by atoms with van der Waals surface area (Å²) in [4.78, 5) is 11.2. The van der Waals surface area contributed by atoms with Crippen LogP contribution in [0.1, 0.15) is 18.4 Å². The lowest BCUT2D eigenvalue weighted by Gasteiger charge is -2.22. The van der Waals surface area contributed by atoms with E-state index in [1.807, 2.05) is 0 Å². The van der Waals surface area contributed by atoms with E-state index in [0.29, 0.717) is 0 Å². The molecule has 0 spiro atoms. The molecule has 7 heteroatoms. The number of methoxy groups -OCH3 is 1. The van der Waals surface area contributed by atoms with E-state index in [1.165, 1.54) is 12.1 Å². The molecule has 1 amide bonds. The van der Waals surface area contributed by atoms with Crippen molar-refractivity contribution in [1.29, 1.82) is 0 Å². The number of benzene rings is 1. The number of anilines is 1. The summed E-state index contributed by atoms with van der Waals surface area (Å²) in [5.41, 5.74) is -0.823. The number of alkyl halides is 2. The van der Waals surface area contributed by atoms with Crippen molar-refractivity contribution in [3.63, 3.8) is 0 Å². The van der Waals surface area contributed by atoms with E-state index in [-0.39, 0.29) is 16.6 Å². The van der Waals surface area contributed by atoms with Gasteiger partial charge >= 0.3 is 12.0 Å². The highest BCUT2D eigenvalue weighted by molar-refractivity contribution is 6.30. The maximum atomic E-state index is 14.4. The van der Waals surface area contributed by atoms with E-state index in [9.17, 15) is 18.7 Å². The molecule has 0 bridgehead atoms. The summed E-state index contributed by atoms with van der Waals surface area (Å²) in [6.45, 7) is 0. The largest absolute Gasteiger partial charge is 0.453 e. The number of hydrogen-bond acceptors (Lipinski definition) is 3. The molecule has 0 aromatic heterocycles. The Morgan fingerprint density at radius 2 is 2.23 bits per heavy atom. The van der Waals surface area contributed by atoms with Crippen molar-refractivity contribution in [3.8, 4) is 11.8 Å². The van der Waals surface area contributed by atoms with Crippen LogP contribution >= 0.6 is 11.6 Å². The van der Waals surface area contributed by atoms with Crippen molar-refractivity contribution in [1.82, 2.24) is 0 Å². The fraction of sp³-hybridized carbons (Fsp3) is 0.400. The Balaban J connectivity index is 2.33. The number of nitrogens with one attached hydrogen (secondary N) is 1. The maximum absolute atomic E-state index is 14.4. The number of aliphatic hydroxyl groups excluding tert-OH is 1. The lowest BCUT2D eigenvalue weighted by atomic mass is 10.0. The van der Waals surface area contributed by atoms with Gasteiger partial charge in [-0.1, -0.05) is 23.4 Å². The number of carbonyl (C=O) groups is 1. The number of carbonyl (C=O) groups excluding carboxylic acids is 1. The number of amides is 1. The fourth-order valence-corrected chi connectivity index (χ4v) is 1.90. The summed E-state index contributed by atoms with van der Waals surface area (Å²) in [6.07, 6.45) is -1.38. The summed E-state index contributed by atoms with van der Waals surface area (Å²) in [5, 5.41) is 11.9. The second kappa shape index (κ2) is 6.51. The zero-order chi connectivity index (χ0) is 16.3. The van der Waals surface area contributed by atoms with E-state index >= 15 is 0 Å². The van der Waals surface area contributed by atoms with Crippen LogP contribution in [0, 0.1) is 17.8 Å². The van der Waals surface area contributed by atoms with Gasteiger partial charge in [0.05, 0.1) is 12.8 Å². The Bertz CT molecular complexity index is 635. The lowest BCUT2D eigenvalue weighted by molar-refractivity contribution is -0.0879. The number of rotatable bonds is 3. The van der Waals surface area contributed by atoms with E-state index in [1.54, 1.807) is 0 Å². The quantitative estimate of drug-likeness (QED) is 0.836. The highest BCUT2D eigenvalue weighted by Crippen LogP contribution is 2.38. The smallest absolute Gasteiger partial charge is 0.411 e. The van der Waals surface area contributed by atoms with Crippen LogP contribution < -0.4 is 5.32 Å². The third kappa shape index (κ3) is 3.87. The van der Waals surface area contributed by atoms with Gasteiger partial charge in [0.1, 0.15) is 0 Å². The van der Waals surface area contributed by atoms with Crippen molar-refractivity contribution in [2.24, 2.45) is 5.92 Å². The van der Waals surface area contributed by atoms with Crippen LogP contribution in [0.5, 0.6) is 0 Å². The Hall–Kier alpha value is -1.84. The molecule has 1 aromatic carbocycles. The van der Waals surface area contributed by atoms with Gasteiger partial charge in [0.2, 0.25) is 0 Å². The Kier molecular flexibility index (Phi) is 4.89. The monoisotopic (exact) mass is 329 g/mol. The minimum absolute atomic E-state index is 0.0486. The molecule has 1 fully saturated rings. The Labute approximate surface area is 131 Å². The molecule has 1 aliphatic rings. The van der Waals surface area contributed by atoms with Gasteiger partial charge in [-0.05, 0) is 31.0 Å². The molecule has 1 aliphatic carbocycles. The van der Waals surface area contributed by atoms with E-state index in [2.05, 4.69) is 21.9 Å². The molecule has 2 rings (SSSR count). The molecule has 0 unspecified atom stereocenters. The van der Waals surface area contributed by atoms with Crippen molar-refractivity contribution in [2.75, 3.05) is 12.4 Å². The fourth-order valence-electron chi connectivity index (χ4n) is 1.72. The Morgan fingerprint density at radius 1 is 1.55 bits per heavy atom. The normalized spacial score (nSPS) is 15.5. The van der Waals surface area contributed by atoms with Gasteiger partial charge in [0, 0.05) is 16.5 Å². The van der Waals surface area contributed by atoms with Gasteiger partial charge in [-0.2, -0.15) is 8.78 Å². The SMILES string of the molecule is COC(=O)Nc1ccc(Cl)cc1C(F)(F)[C@@H](O)C#CC1CC1. The summed E-state index contributed by atoms with van der Waals surface area (Å²) in [7, 11) is 1.11. The molecule has 4 nitrogen and oxygen atoms in total. The molecule has 22 heavy (non-hydrogen) atoms. The first-order chi connectivity index (χ1) is 10.3. The van der Waals surface area contributed by atoms with Gasteiger partial charge in [0.15, 0.2) is 6.10 Å². The molecule has 1 atom stereocenters. The van der Waals surface area contributed by atoms with E-state index in [4.69, 9.17) is 11.6 Å². The second-order valence-electron chi connectivity index (χ2n) is 4.89. The van der Waals surface area contributed by atoms with Gasteiger partial charge in [-0.25, -0.2) is 4.79 Å². The molecule has 1 aromatic rings. The average molecular weight is 330 g/mol. The molecular formula is C15H14ClF2NO3. The van der Waals surface area contributed by atoms with Crippen LogP contribution in [-0.4, -0.2) is 24.4 Å². The van der Waals surface area contributed by atoms with Crippen LogP contribution in [-0.2, 0) is 10.7 Å². The van der Waals surface area contributed by atoms with Crippen molar-refractivity contribution in [3.05, 3.63) is 28.8 Å². The molecule has 1 saturated carbocycles. The first-order valence-electron chi connectivity index (χ1n) is 6.56. The minimum atomic E-state index is -3.69. The van der Waals surface area contributed by atoms with Crippen LogP contribution in [0.4, 0.5) is 19.3 Å². The highest BCUT2D eigenvalue weighted by atomic mass is 35.5. The summed E-state index contributed by atoms with van der Waals surface area (Å²) in [5.74, 6) is 1.15. The van der Waals surface area contributed by atoms with E-state index < -0.39 is 23.7 Å². The zero-order valence-corrected chi connectivity index (χ0v) is 12.5. The molecule has 0 heterocycles. The van der Waals surface area contributed by atoms with Crippen LogP contribution in [0.15, 0.2) is 18.2 Å². The van der Waals surface area contributed by atoms with E-state index in [0.717, 1.165) is 26.0 Å². The maximum Gasteiger partial charge on any atom is 0.411 e. The number of aliphatic hydroxyl groups is 1. The molecule has 0 saturated heterocycles. The molecule has 2 N–H and O–H groups in total. The Morgan fingerprint density at radius 3 is 2.82 bits per heavy atom. The third-order valence-electron chi connectivity index (χ3n) is 3.11. The first-order valence-corrected chi connectivity index (χ1v) is 6.94. The average Bonchev–Trinajstić information content (AvgIpc) is 3.30. The van der Waals surface area contributed by atoms with Crippen molar-refractivity contribution >= 4 is 23.4 Å². The predicted octanol–water partition coefficient (Wildman–Crippen LogP) is 3.38. The molecule has 0 aliphatic heterocycles. The van der Waals surface area contributed by atoms with Gasteiger partial charge < -0.3 is 9.84 Å². The molecule has 0 radical (unpaired) electrons. The van der Waals surface area contributed by atoms with Gasteiger partial charge in [0.25, 0.3) is 0 Å². The third-order valence-corrected chi connectivity index (χ3v) is 3.34. The van der Waals surface area contributed by atoms with Crippen LogP contribution in [0.25, 0.3) is 0 Å². The molecular weight excluding hydrogens is 316 g/mol. The number of halogens is 3. The number of hydrogen-bond donors (Lipinski definition) is 2. The molecule has 118 valence electrons. The van der Waals surface area contributed by atoms with Crippen molar-refractivity contribution < 1.29 is 23.4 Å². The minimum Gasteiger partial charge on any atom is -0.453 e. The topological polar surface area (TPSA) is 58.6 Å². The van der Waals surface area contributed by atoms with Crippen LogP contribution in [0.2, 0.25) is 5.02 Å². The van der Waals surface area contributed by atoms with Crippen LogP contribution in [0.3, 0.4) is 0 Å². The first kappa shape index (κ1) is 16.5. The van der Waals surface area contributed by atoms with Gasteiger partial charge in [-0.3, -0.25) is 5.32 Å². The lowest BCUT2D eigenvalue weighted by Crippen LogP contribution is -2.31.